The van der Waals surface area contributed by atoms with E-state index in [4.69, 9.17) is 10.5 Å². The van der Waals surface area contributed by atoms with Crippen molar-refractivity contribution in [3.05, 3.63) is 29.8 Å². The fourth-order valence-electron chi connectivity index (χ4n) is 2.62. The molecule has 1 aliphatic heterocycles. The van der Waals surface area contributed by atoms with E-state index in [0.717, 1.165) is 42.9 Å². The molecule has 0 spiro atoms. The summed E-state index contributed by atoms with van der Waals surface area (Å²) in [6.07, 6.45) is 0. The molecule has 0 saturated carbocycles. The normalized spacial score (nSPS) is 16.1. The number of pyridine rings is 1. The van der Waals surface area contributed by atoms with Gasteiger partial charge in [0.1, 0.15) is 5.82 Å². The topological polar surface area (TPSA) is 51.4 Å². The quantitative estimate of drug-likeness (QED) is 0.912. The Bertz CT molecular complexity index is 618. The Kier molecular flexibility index (Phi) is 3.49. The third-order valence-electron chi connectivity index (χ3n) is 3.87. The Balaban J connectivity index is 2.05. The smallest absolute Gasteiger partial charge is 0.147 e. The number of hydrogen-bond donors (Lipinski definition) is 1. The van der Waals surface area contributed by atoms with Gasteiger partial charge in [0.05, 0.1) is 24.4 Å². The first kappa shape index (κ1) is 13.2. The van der Waals surface area contributed by atoms with Crippen LogP contribution < -0.4 is 10.6 Å². The maximum Gasteiger partial charge on any atom is 0.147 e. The van der Waals surface area contributed by atoms with Crippen molar-refractivity contribution in [2.75, 3.05) is 36.9 Å². The first-order valence-corrected chi connectivity index (χ1v) is 7.18. The van der Waals surface area contributed by atoms with Crippen LogP contribution in [0.25, 0.3) is 10.9 Å². The Morgan fingerprint density at radius 2 is 1.95 bits per heavy atom. The Hall–Kier alpha value is -1.81. The molecule has 4 nitrogen and oxygen atoms in total. The molecule has 1 aromatic carbocycles. The van der Waals surface area contributed by atoms with E-state index < -0.39 is 0 Å². The average molecular weight is 271 g/mol. The van der Waals surface area contributed by atoms with Crippen LogP contribution in [0, 0.1) is 0 Å². The SMILES string of the molecule is CC(C)c1ccc2nc(N)c(N3CCOCC3)cc2c1. The zero-order valence-electron chi connectivity index (χ0n) is 12.1. The predicted molar refractivity (Wildman–Crippen MR) is 83.3 cm³/mol. The van der Waals surface area contributed by atoms with Crippen LogP contribution in [0.4, 0.5) is 11.5 Å². The number of anilines is 2. The molecule has 0 bridgehead atoms. The van der Waals surface area contributed by atoms with Gasteiger partial charge >= 0.3 is 0 Å². The monoisotopic (exact) mass is 271 g/mol. The van der Waals surface area contributed by atoms with E-state index in [2.05, 4.69) is 48.0 Å². The van der Waals surface area contributed by atoms with Crippen LogP contribution in [0.5, 0.6) is 0 Å². The molecule has 2 N–H and O–H groups in total. The number of morpholine rings is 1. The summed E-state index contributed by atoms with van der Waals surface area (Å²) in [6, 6.07) is 8.57. The van der Waals surface area contributed by atoms with Crippen LogP contribution in [0.2, 0.25) is 0 Å². The summed E-state index contributed by atoms with van der Waals surface area (Å²) < 4.78 is 5.40. The van der Waals surface area contributed by atoms with Crippen molar-refractivity contribution in [3.8, 4) is 0 Å². The molecule has 1 aromatic heterocycles. The number of nitrogens with two attached hydrogens (primary N) is 1. The third-order valence-corrected chi connectivity index (χ3v) is 3.87. The molecule has 0 aliphatic carbocycles. The van der Waals surface area contributed by atoms with Crippen molar-refractivity contribution >= 4 is 22.4 Å². The first-order chi connectivity index (χ1) is 9.65. The van der Waals surface area contributed by atoms with Crippen molar-refractivity contribution < 1.29 is 4.74 Å². The van der Waals surface area contributed by atoms with Crippen LogP contribution in [0.1, 0.15) is 25.3 Å². The summed E-state index contributed by atoms with van der Waals surface area (Å²) >= 11 is 0. The number of aromatic nitrogens is 1. The van der Waals surface area contributed by atoms with E-state index in [1.807, 2.05) is 0 Å². The molecule has 1 fully saturated rings. The van der Waals surface area contributed by atoms with Gasteiger partial charge in [-0.3, -0.25) is 0 Å². The lowest BCUT2D eigenvalue weighted by Gasteiger charge is -2.29. The average Bonchev–Trinajstić information content (AvgIpc) is 2.47. The summed E-state index contributed by atoms with van der Waals surface area (Å²) in [6.45, 7) is 7.67. The minimum atomic E-state index is 0.517. The molecule has 2 heterocycles. The summed E-state index contributed by atoms with van der Waals surface area (Å²) in [5, 5.41) is 1.16. The Labute approximate surface area is 119 Å². The molecule has 4 heteroatoms. The summed E-state index contributed by atoms with van der Waals surface area (Å²) in [7, 11) is 0. The predicted octanol–water partition coefficient (Wildman–Crippen LogP) is 2.78. The number of rotatable bonds is 2. The first-order valence-electron chi connectivity index (χ1n) is 7.18. The van der Waals surface area contributed by atoms with Crippen molar-refractivity contribution in [2.24, 2.45) is 0 Å². The van der Waals surface area contributed by atoms with Gasteiger partial charge in [-0.1, -0.05) is 19.9 Å². The molecule has 106 valence electrons. The molecule has 1 aliphatic rings. The lowest BCUT2D eigenvalue weighted by molar-refractivity contribution is 0.123. The highest BCUT2D eigenvalue weighted by molar-refractivity contribution is 5.87. The molecule has 0 atom stereocenters. The van der Waals surface area contributed by atoms with E-state index in [-0.39, 0.29) is 0 Å². The lowest BCUT2D eigenvalue weighted by atomic mass is 10.0. The van der Waals surface area contributed by atoms with E-state index in [1.54, 1.807) is 0 Å². The molecular weight excluding hydrogens is 250 g/mol. The minimum Gasteiger partial charge on any atom is -0.382 e. The van der Waals surface area contributed by atoms with Gasteiger partial charge in [-0.25, -0.2) is 4.98 Å². The minimum absolute atomic E-state index is 0.517. The number of hydrogen-bond acceptors (Lipinski definition) is 4. The fraction of sp³-hybridized carbons (Fsp3) is 0.438. The molecule has 2 aromatic rings. The summed E-state index contributed by atoms with van der Waals surface area (Å²) in [5.74, 6) is 1.13. The number of ether oxygens (including phenoxy) is 1. The Morgan fingerprint density at radius 1 is 1.20 bits per heavy atom. The second kappa shape index (κ2) is 5.29. The highest BCUT2D eigenvalue weighted by Gasteiger charge is 2.15. The highest BCUT2D eigenvalue weighted by Crippen LogP contribution is 2.29. The maximum atomic E-state index is 6.12. The van der Waals surface area contributed by atoms with Crippen LogP contribution in [-0.4, -0.2) is 31.3 Å². The third kappa shape index (κ3) is 2.43. The van der Waals surface area contributed by atoms with Gasteiger partial charge in [-0.15, -0.1) is 0 Å². The number of nitrogens with zero attached hydrogens (tertiary/aromatic N) is 2. The van der Waals surface area contributed by atoms with Gasteiger partial charge < -0.3 is 15.4 Å². The summed E-state index contributed by atoms with van der Waals surface area (Å²) in [5.41, 5.74) is 9.44. The molecular formula is C16H21N3O. The number of nitrogen functional groups attached to an aromatic ring is 1. The standard InChI is InChI=1S/C16H21N3O/c1-11(2)12-3-4-14-13(9-12)10-15(16(17)18-14)19-5-7-20-8-6-19/h3-4,9-11H,5-8H2,1-2H3,(H2,17,18). The van der Waals surface area contributed by atoms with Crippen molar-refractivity contribution in [3.63, 3.8) is 0 Å². The number of fused-ring (bicyclic) bond motifs is 1. The van der Waals surface area contributed by atoms with Gasteiger partial charge in [0.15, 0.2) is 0 Å². The van der Waals surface area contributed by atoms with Crippen molar-refractivity contribution in [2.45, 2.75) is 19.8 Å². The van der Waals surface area contributed by atoms with E-state index in [1.165, 1.54) is 5.56 Å². The molecule has 20 heavy (non-hydrogen) atoms. The number of benzene rings is 1. The second-order valence-electron chi connectivity index (χ2n) is 5.60. The molecule has 0 radical (unpaired) electrons. The second-order valence-corrected chi connectivity index (χ2v) is 5.60. The molecule has 0 amide bonds. The van der Waals surface area contributed by atoms with E-state index in [9.17, 15) is 0 Å². The van der Waals surface area contributed by atoms with Gasteiger partial charge in [-0.2, -0.15) is 0 Å². The summed E-state index contributed by atoms with van der Waals surface area (Å²) in [4.78, 5) is 6.80. The maximum absolute atomic E-state index is 6.12. The largest absolute Gasteiger partial charge is 0.382 e. The van der Waals surface area contributed by atoms with Crippen molar-refractivity contribution in [1.29, 1.82) is 0 Å². The zero-order valence-corrected chi connectivity index (χ0v) is 12.1. The Morgan fingerprint density at radius 3 is 2.65 bits per heavy atom. The lowest BCUT2D eigenvalue weighted by Crippen LogP contribution is -2.36. The van der Waals surface area contributed by atoms with Gasteiger partial charge in [0.25, 0.3) is 0 Å². The molecule has 0 unspecified atom stereocenters. The highest BCUT2D eigenvalue weighted by atomic mass is 16.5. The van der Waals surface area contributed by atoms with Crippen LogP contribution >= 0.6 is 0 Å². The van der Waals surface area contributed by atoms with Crippen LogP contribution in [0.3, 0.4) is 0 Å². The van der Waals surface area contributed by atoms with E-state index >= 15 is 0 Å². The van der Waals surface area contributed by atoms with Gasteiger partial charge in [0.2, 0.25) is 0 Å². The van der Waals surface area contributed by atoms with Crippen LogP contribution in [-0.2, 0) is 4.74 Å². The van der Waals surface area contributed by atoms with Gasteiger partial charge in [0, 0.05) is 18.5 Å². The fourth-order valence-corrected chi connectivity index (χ4v) is 2.62. The zero-order chi connectivity index (χ0) is 14.1. The van der Waals surface area contributed by atoms with E-state index in [0.29, 0.717) is 11.7 Å². The van der Waals surface area contributed by atoms with Crippen molar-refractivity contribution in [1.82, 2.24) is 4.98 Å². The van der Waals surface area contributed by atoms with Crippen LogP contribution in [0.15, 0.2) is 24.3 Å². The molecule has 1 saturated heterocycles. The van der Waals surface area contributed by atoms with Gasteiger partial charge in [-0.05, 0) is 29.7 Å². The molecule has 3 rings (SSSR count).